The average Bonchev–Trinajstić information content (AvgIpc) is 2.34. The summed E-state index contributed by atoms with van der Waals surface area (Å²) in [6.45, 7) is 6.28. The third kappa shape index (κ3) is 11.1. The molecule has 3 N–H and O–H groups in total. The maximum Gasteiger partial charge on any atom is 0.115 e. The van der Waals surface area contributed by atoms with E-state index in [9.17, 15) is 0 Å². The highest BCUT2D eigenvalue weighted by molar-refractivity contribution is 5.40. The smallest absolute Gasteiger partial charge is 0.115 e. The lowest BCUT2D eigenvalue weighted by Crippen LogP contribution is -1.95. The van der Waals surface area contributed by atoms with E-state index in [0.717, 1.165) is 13.2 Å². The molecule has 0 amide bonds. The molecule has 3 heteroatoms. The van der Waals surface area contributed by atoms with E-state index in [1.807, 2.05) is 0 Å². The number of hydrogen-bond acceptors (Lipinski definition) is 3. The van der Waals surface area contributed by atoms with Crippen molar-refractivity contribution in [1.29, 1.82) is 0 Å². The molecule has 17 heavy (non-hydrogen) atoms. The Hall–Kier alpha value is -1.22. The first-order valence-electron chi connectivity index (χ1n) is 6.33. The van der Waals surface area contributed by atoms with Gasteiger partial charge in [0.25, 0.3) is 0 Å². The molecular formula is C14H25NO2. The molecule has 0 atom stereocenters. The van der Waals surface area contributed by atoms with Gasteiger partial charge in [-0.25, -0.2) is 0 Å². The number of nitrogens with two attached hydrogens (primary N) is 1. The van der Waals surface area contributed by atoms with Crippen LogP contribution in [0, 0.1) is 0 Å². The molecule has 1 aromatic carbocycles. The van der Waals surface area contributed by atoms with Gasteiger partial charge >= 0.3 is 0 Å². The number of ether oxygens (including phenoxy) is 1. The highest BCUT2D eigenvalue weighted by Crippen LogP contribution is 2.09. The molecule has 0 unspecified atom stereocenters. The predicted molar refractivity (Wildman–Crippen MR) is 73.2 cm³/mol. The van der Waals surface area contributed by atoms with E-state index in [2.05, 4.69) is 13.8 Å². The summed E-state index contributed by atoms with van der Waals surface area (Å²) in [4.78, 5) is 0. The van der Waals surface area contributed by atoms with Gasteiger partial charge in [0.2, 0.25) is 0 Å². The van der Waals surface area contributed by atoms with Gasteiger partial charge in [0, 0.05) is 18.9 Å². The summed E-state index contributed by atoms with van der Waals surface area (Å²) in [5.74, 6) is 0.249. The molecule has 0 radical (unpaired) electrons. The van der Waals surface area contributed by atoms with Gasteiger partial charge in [0.05, 0.1) is 0 Å². The number of rotatable bonds is 6. The fourth-order valence-corrected chi connectivity index (χ4v) is 1.07. The summed E-state index contributed by atoms with van der Waals surface area (Å²) in [5, 5.41) is 8.70. The van der Waals surface area contributed by atoms with E-state index in [4.69, 9.17) is 15.6 Å². The Morgan fingerprint density at radius 2 is 1.47 bits per heavy atom. The first kappa shape index (κ1) is 15.8. The normalized spacial score (nSPS) is 9.53. The standard InChI is InChI=1S/C8H18O.C6H7NO/c1-3-5-7-9-8-6-4-2;7-5-1-3-6(8)4-2-5/h3-8H2,1-2H3;1-4,8H,7H2. The largest absolute Gasteiger partial charge is 0.508 e. The number of phenolic OH excluding ortho intramolecular Hbond substituents is 1. The Bertz CT molecular complexity index is 232. The van der Waals surface area contributed by atoms with Crippen LogP contribution in [0.15, 0.2) is 24.3 Å². The van der Waals surface area contributed by atoms with Crippen molar-refractivity contribution >= 4 is 5.69 Å². The molecule has 3 nitrogen and oxygen atoms in total. The lowest BCUT2D eigenvalue weighted by atomic mass is 10.3. The van der Waals surface area contributed by atoms with Crippen LogP contribution in [0.1, 0.15) is 39.5 Å². The SMILES string of the molecule is CCCCOCCCC.Nc1ccc(O)cc1. The van der Waals surface area contributed by atoms with Gasteiger partial charge in [-0.3, -0.25) is 0 Å². The second-order valence-electron chi connectivity index (χ2n) is 3.91. The first-order chi connectivity index (χ1) is 8.20. The fourth-order valence-electron chi connectivity index (χ4n) is 1.07. The van der Waals surface area contributed by atoms with Crippen molar-refractivity contribution in [1.82, 2.24) is 0 Å². The van der Waals surface area contributed by atoms with Crippen LogP contribution in [0.2, 0.25) is 0 Å². The summed E-state index contributed by atoms with van der Waals surface area (Å²) in [6.07, 6.45) is 4.91. The maximum absolute atomic E-state index is 8.70. The van der Waals surface area contributed by atoms with Crippen LogP contribution in [0.25, 0.3) is 0 Å². The van der Waals surface area contributed by atoms with Crippen molar-refractivity contribution in [2.75, 3.05) is 18.9 Å². The molecular weight excluding hydrogens is 214 g/mol. The zero-order valence-corrected chi connectivity index (χ0v) is 11.0. The average molecular weight is 239 g/mol. The van der Waals surface area contributed by atoms with Crippen LogP contribution in [0.4, 0.5) is 5.69 Å². The highest BCUT2D eigenvalue weighted by atomic mass is 16.5. The number of benzene rings is 1. The summed E-state index contributed by atoms with van der Waals surface area (Å²) in [5.41, 5.74) is 5.98. The molecule has 0 saturated heterocycles. The fraction of sp³-hybridized carbons (Fsp3) is 0.571. The lowest BCUT2D eigenvalue weighted by Gasteiger charge is -1.99. The Kier molecular flexibility index (Phi) is 10.5. The second kappa shape index (κ2) is 11.3. The number of phenols is 1. The van der Waals surface area contributed by atoms with E-state index < -0.39 is 0 Å². The van der Waals surface area contributed by atoms with Crippen LogP contribution in [-0.4, -0.2) is 18.3 Å². The number of nitrogen functional groups attached to an aromatic ring is 1. The van der Waals surface area contributed by atoms with Crippen LogP contribution in [0.3, 0.4) is 0 Å². The van der Waals surface area contributed by atoms with Gasteiger partial charge < -0.3 is 15.6 Å². The molecule has 0 aliphatic heterocycles. The van der Waals surface area contributed by atoms with E-state index in [1.54, 1.807) is 24.3 Å². The summed E-state index contributed by atoms with van der Waals surface area (Å²) >= 11 is 0. The van der Waals surface area contributed by atoms with Gasteiger partial charge in [0.1, 0.15) is 5.75 Å². The molecule has 0 spiro atoms. The van der Waals surface area contributed by atoms with Crippen LogP contribution in [0.5, 0.6) is 5.75 Å². The second-order valence-corrected chi connectivity index (χ2v) is 3.91. The summed E-state index contributed by atoms with van der Waals surface area (Å²) in [7, 11) is 0. The molecule has 0 bridgehead atoms. The Morgan fingerprint density at radius 1 is 1.00 bits per heavy atom. The van der Waals surface area contributed by atoms with Crippen molar-refractivity contribution in [3.05, 3.63) is 24.3 Å². The molecule has 1 aromatic rings. The minimum Gasteiger partial charge on any atom is -0.508 e. The van der Waals surface area contributed by atoms with Gasteiger partial charge in [0.15, 0.2) is 0 Å². The number of aromatic hydroxyl groups is 1. The lowest BCUT2D eigenvalue weighted by molar-refractivity contribution is 0.128. The van der Waals surface area contributed by atoms with Gasteiger partial charge in [-0.2, -0.15) is 0 Å². The van der Waals surface area contributed by atoms with Crippen molar-refractivity contribution in [2.24, 2.45) is 0 Å². The zero-order valence-electron chi connectivity index (χ0n) is 11.0. The van der Waals surface area contributed by atoms with E-state index in [1.165, 1.54) is 25.7 Å². The maximum atomic E-state index is 8.70. The zero-order chi connectivity index (χ0) is 12.9. The number of unbranched alkanes of at least 4 members (excludes halogenated alkanes) is 2. The predicted octanol–water partition coefficient (Wildman–Crippen LogP) is 3.58. The minimum atomic E-state index is 0.249. The third-order valence-corrected chi connectivity index (χ3v) is 2.18. The minimum absolute atomic E-state index is 0.249. The van der Waals surface area contributed by atoms with Crippen molar-refractivity contribution in [3.63, 3.8) is 0 Å². The van der Waals surface area contributed by atoms with Crippen LogP contribution >= 0.6 is 0 Å². The number of anilines is 1. The van der Waals surface area contributed by atoms with Gasteiger partial charge in [-0.15, -0.1) is 0 Å². The van der Waals surface area contributed by atoms with E-state index in [-0.39, 0.29) is 5.75 Å². The van der Waals surface area contributed by atoms with Crippen LogP contribution in [-0.2, 0) is 4.74 Å². The quantitative estimate of drug-likeness (QED) is 0.453. The van der Waals surface area contributed by atoms with Crippen molar-refractivity contribution in [3.8, 4) is 5.75 Å². The molecule has 0 aliphatic carbocycles. The Morgan fingerprint density at radius 3 is 1.82 bits per heavy atom. The third-order valence-electron chi connectivity index (χ3n) is 2.18. The molecule has 1 rings (SSSR count). The molecule has 0 aliphatic rings. The number of hydrogen-bond donors (Lipinski definition) is 2. The Balaban J connectivity index is 0.000000302. The summed E-state index contributed by atoms with van der Waals surface area (Å²) in [6, 6.07) is 6.40. The molecule has 0 fully saturated rings. The molecule has 0 aromatic heterocycles. The molecule has 0 saturated carbocycles. The van der Waals surface area contributed by atoms with Crippen molar-refractivity contribution in [2.45, 2.75) is 39.5 Å². The van der Waals surface area contributed by atoms with Crippen molar-refractivity contribution < 1.29 is 9.84 Å². The monoisotopic (exact) mass is 239 g/mol. The van der Waals surface area contributed by atoms with Gasteiger partial charge in [-0.1, -0.05) is 26.7 Å². The topological polar surface area (TPSA) is 55.5 Å². The summed E-state index contributed by atoms with van der Waals surface area (Å²) < 4.78 is 5.31. The highest BCUT2D eigenvalue weighted by Gasteiger charge is 1.84. The van der Waals surface area contributed by atoms with E-state index >= 15 is 0 Å². The van der Waals surface area contributed by atoms with E-state index in [0.29, 0.717) is 5.69 Å². The van der Waals surface area contributed by atoms with Gasteiger partial charge in [-0.05, 0) is 37.1 Å². The molecule has 98 valence electrons. The molecule has 0 heterocycles. The Labute approximate surface area is 105 Å². The first-order valence-corrected chi connectivity index (χ1v) is 6.33. The van der Waals surface area contributed by atoms with Crippen LogP contribution < -0.4 is 5.73 Å².